The van der Waals surface area contributed by atoms with Crippen molar-refractivity contribution in [3.8, 4) is 5.75 Å². The van der Waals surface area contributed by atoms with E-state index < -0.39 is 11.6 Å². The summed E-state index contributed by atoms with van der Waals surface area (Å²) in [6.45, 7) is 1.76. The van der Waals surface area contributed by atoms with Crippen LogP contribution in [0.15, 0.2) is 54.2 Å². The van der Waals surface area contributed by atoms with Gasteiger partial charge in [-0.15, -0.1) is 0 Å². The maximum absolute atomic E-state index is 12.0. The maximum atomic E-state index is 12.0. The fourth-order valence-corrected chi connectivity index (χ4v) is 3.39. The third-order valence-corrected chi connectivity index (χ3v) is 5.23. The first kappa shape index (κ1) is 22.3. The van der Waals surface area contributed by atoms with Gasteiger partial charge < -0.3 is 20.1 Å². The molecule has 9 heteroatoms. The van der Waals surface area contributed by atoms with E-state index >= 15 is 0 Å². The van der Waals surface area contributed by atoms with Gasteiger partial charge >= 0.3 is 6.09 Å². The molecule has 3 rings (SSSR count). The van der Waals surface area contributed by atoms with Gasteiger partial charge in [-0.05, 0) is 42.8 Å². The molecule has 1 aliphatic rings. The number of hydrogen-bond acceptors (Lipinski definition) is 4. The Morgan fingerprint density at radius 2 is 1.87 bits per heavy atom. The molecule has 0 saturated carbocycles. The molecular formula is C21H19Cl3N2O4. The molecule has 0 bridgehead atoms. The number of rotatable bonds is 7. The highest BCUT2D eigenvalue weighted by molar-refractivity contribution is 6.42. The van der Waals surface area contributed by atoms with Crippen LogP contribution in [0.2, 0.25) is 15.1 Å². The number of amides is 2. The van der Waals surface area contributed by atoms with Gasteiger partial charge in [-0.2, -0.15) is 0 Å². The largest absolute Gasteiger partial charge is 0.484 e. The Morgan fingerprint density at radius 3 is 2.57 bits per heavy atom. The zero-order chi connectivity index (χ0) is 21.7. The first-order chi connectivity index (χ1) is 14.2. The van der Waals surface area contributed by atoms with E-state index in [0.29, 0.717) is 32.9 Å². The number of nitrogens with one attached hydrogen (secondary N) is 2. The summed E-state index contributed by atoms with van der Waals surface area (Å²) >= 11 is 17.7. The average Bonchev–Trinajstić information content (AvgIpc) is 2.66. The minimum absolute atomic E-state index is 0.113. The number of carbonyl (C=O) groups is 2. The number of carbonyl (C=O) groups excluding carboxylic acids is 2. The van der Waals surface area contributed by atoms with Gasteiger partial charge in [0.15, 0.2) is 6.61 Å². The second-order valence-electron chi connectivity index (χ2n) is 7.01. The molecule has 0 saturated heterocycles. The zero-order valence-electron chi connectivity index (χ0n) is 16.0. The van der Waals surface area contributed by atoms with Crippen LogP contribution < -0.4 is 15.4 Å². The van der Waals surface area contributed by atoms with Gasteiger partial charge in [-0.25, -0.2) is 4.79 Å². The average molecular weight is 470 g/mol. The molecule has 158 valence electrons. The van der Waals surface area contributed by atoms with Crippen LogP contribution in [0.4, 0.5) is 4.79 Å². The summed E-state index contributed by atoms with van der Waals surface area (Å²) in [6.07, 6.45) is 1.66. The van der Waals surface area contributed by atoms with Gasteiger partial charge in [0.25, 0.3) is 5.91 Å². The molecular weight excluding hydrogens is 451 g/mol. The Bertz CT molecular complexity index is 996. The van der Waals surface area contributed by atoms with Gasteiger partial charge in [0.05, 0.1) is 15.6 Å². The number of hydrogen-bond donors (Lipinski definition) is 2. The summed E-state index contributed by atoms with van der Waals surface area (Å²) in [5.41, 5.74) is 0.885. The van der Waals surface area contributed by atoms with E-state index in [9.17, 15) is 9.59 Å². The van der Waals surface area contributed by atoms with Crippen LogP contribution in [0.5, 0.6) is 5.75 Å². The molecule has 1 aliphatic carbocycles. The maximum Gasteiger partial charge on any atom is 0.408 e. The van der Waals surface area contributed by atoms with Gasteiger partial charge in [0.2, 0.25) is 0 Å². The standard InChI is InChI=1S/C21H19Cl3N2O4/c1-21(26-20(28)30-11-13-3-2-4-14(22)7-13)9-15(10-21)25-19(27)12-29-16-5-6-17(23)18(24)8-16/h2-9H,10-12H2,1H3,(H,25,27)(H,26,28). The monoisotopic (exact) mass is 468 g/mol. The Labute approximate surface area is 189 Å². The number of halogens is 3. The highest BCUT2D eigenvalue weighted by Gasteiger charge is 2.35. The second-order valence-corrected chi connectivity index (χ2v) is 8.26. The van der Waals surface area contributed by atoms with Crippen LogP contribution >= 0.6 is 34.8 Å². The fraction of sp³-hybridized carbons (Fsp3) is 0.238. The van der Waals surface area contributed by atoms with Crippen molar-refractivity contribution < 1.29 is 19.1 Å². The quantitative estimate of drug-likeness (QED) is 0.590. The summed E-state index contributed by atoms with van der Waals surface area (Å²) < 4.78 is 10.6. The van der Waals surface area contributed by atoms with Crippen molar-refractivity contribution in [1.29, 1.82) is 0 Å². The fourth-order valence-electron chi connectivity index (χ4n) is 2.89. The lowest BCUT2D eigenvalue weighted by Gasteiger charge is -2.36. The molecule has 2 aromatic rings. The van der Waals surface area contributed by atoms with Crippen LogP contribution in [-0.2, 0) is 16.1 Å². The third-order valence-electron chi connectivity index (χ3n) is 4.26. The predicted octanol–water partition coefficient (Wildman–Crippen LogP) is 5.11. The van der Waals surface area contributed by atoms with Crippen LogP contribution in [0, 0.1) is 0 Å². The van der Waals surface area contributed by atoms with Crippen molar-refractivity contribution in [3.63, 3.8) is 0 Å². The van der Waals surface area contributed by atoms with Gasteiger partial charge in [0.1, 0.15) is 12.4 Å². The Morgan fingerprint density at radius 1 is 1.10 bits per heavy atom. The molecule has 1 atom stereocenters. The van der Waals surface area contributed by atoms with Crippen molar-refractivity contribution in [2.75, 3.05) is 6.61 Å². The Kier molecular flexibility index (Phi) is 7.13. The number of alkyl carbamates (subject to hydrolysis) is 1. The molecule has 0 aliphatic heterocycles. The smallest absolute Gasteiger partial charge is 0.408 e. The van der Waals surface area contributed by atoms with Crippen molar-refractivity contribution in [3.05, 3.63) is 74.9 Å². The lowest BCUT2D eigenvalue weighted by Crippen LogP contribution is -2.52. The topological polar surface area (TPSA) is 76.7 Å². The third kappa shape index (κ3) is 6.29. The minimum Gasteiger partial charge on any atom is -0.484 e. The first-order valence-corrected chi connectivity index (χ1v) is 10.1. The molecule has 0 radical (unpaired) electrons. The molecule has 1 unspecified atom stereocenters. The molecule has 0 spiro atoms. The van der Waals surface area contributed by atoms with E-state index in [1.165, 1.54) is 6.07 Å². The molecule has 6 nitrogen and oxygen atoms in total. The van der Waals surface area contributed by atoms with E-state index in [1.54, 1.807) is 36.4 Å². The van der Waals surface area contributed by atoms with E-state index in [0.717, 1.165) is 5.56 Å². The van der Waals surface area contributed by atoms with Crippen LogP contribution in [0.3, 0.4) is 0 Å². The van der Waals surface area contributed by atoms with Crippen molar-refractivity contribution in [2.24, 2.45) is 0 Å². The highest BCUT2D eigenvalue weighted by atomic mass is 35.5. The number of benzene rings is 2. The van der Waals surface area contributed by atoms with Gasteiger partial charge in [-0.1, -0.05) is 46.9 Å². The summed E-state index contributed by atoms with van der Waals surface area (Å²) in [5, 5.41) is 6.84. The Hall–Kier alpha value is -2.41. The number of ether oxygens (including phenoxy) is 2. The minimum atomic E-state index is -0.599. The van der Waals surface area contributed by atoms with Crippen LogP contribution in [0.25, 0.3) is 0 Å². The molecule has 30 heavy (non-hydrogen) atoms. The lowest BCUT2D eigenvalue weighted by molar-refractivity contribution is -0.122. The summed E-state index contributed by atoms with van der Waals surface area (Å²) in [5.74, 6) is 0.119. The zero-order valence-corrected chi connectivity index (χ0v) is 18.3. The molecule has 2 aromatic carbocycles. The van der Waals surface area contributed by atoms with Crippen molar-refractivity contribution in [2.45, 2.75) is 25.5 Å². The normalized spacial score (nSPS) is 17.4. The Balaban J connectivity index is 1.41. The summed E-state index contributed by atoms with van der Waals surface area (Å²) in [6, 6.07) is 11.8. The first-order valence-electron chi connectivity index (χ1n) is 9.01. The van der Waals surface area contributed by atoms with Crippen LogP contribution in [-0.4, -0.2) is 24.1 Å². The van der Waals surface area contributed by atoms with E-state index in [-0.39, 0.29) is 19.1 Å². The van der Waals surface area contributed by atoms with E-state index in [1.807, 2.05) is 13.0 Å². The predicted molar refractivity (Wildman–Crippen MR) is 116 cm³/mol. The van der Waals surface area contributed by atoms with Gasteiger partial charge in [-0.3, -0.25) is 4.79 Å². The summed E-state index contributed by atoms with van der Waals surface area (Å²) in [4.78, 5) is 24.1. The van der Waals surface area contributed by atoms with Gasteiger partial charge in [0, 0.05) is 23.2 Å². The molecule has 2 N–H and O–H groups in total. The highest BCUT2D eigenvalue weighted by Crippen LogP contribution is 2.29. The second kappa shape index (κ2) is 9.60. The van der Waals surface area contributed by atoms with Crippen molar-refractivity contribution >= 4 is 46.8 Å². The molecule has 2 amide bonds. The molecule has 0 aromatic heterocycles. The van der Waals surface area contributed by atoms with E-state index in [2.05, 4.69) is 10.6 Å². The van der Waals surface area contributed by atoms with E-state index in [4.69, 9.17) is 44.3 Å². The lowest BCUT2D eigenvalue weighted by atomic mass is 9.84. The SMILES string of the molecule is CC1(NC(=O)OCc2cccc(Cl)c2)C=C(NC(=O)COc2ccc(Cl)c(Cl)c2)C1. The molecule has 0 fully saturated rings. The van der Waals surface area contributed by atoms with Crippen molar-refractivity contribution in [1.82, 2.24) is 10.6 Å². The summed E-state index contributed by atoms with van der Waals surface area (Å²) in [7, 11) is 0. The van der Waals surface area contributed by atoms with Crippen LogP contribution in [0.1, 0.15) is 18.9 Å². The molecule has 0 heterocycles.